The molecule has 5 aromatic heterocycles. The number of benzene rings is 15. The third-order valence-corrected chi connectivity index (χ3v) is 21.4. The van der Waals surface area contributed by atoms with Gasteiger partial charge in [-0.3, -0.25) is 4.98 Å². The lowest BCUT2D eigenvalue weighted by atomic mass is 9.82. The minimum Gasteiger partial charge on any atom is -0.456 e. The molecule has 0 radical (unpaired) electrons. The van der Waals surface area contributed by atoms with Crippen molar-refractivity contribution in [3.05, 3.63) is 339 Å². The second-order valence-electron chi connectivity index (χ2n) is 27.6. The van der Waals surface area contributed by atoms with Crippen LogP contribution in [-0.2, 0) is 5.41 Å². The molecule has 0 aliphatic heterocycles. The van der Waals surface area contributed by atoms with Crippen LogP contribution >= 0.6 is 0 Å². The van der Waals surface area contributed by atoms with Gasteiger partial charge < -0.3 is 18.3 Å². The average molecular weight is 1320 g/mol. The van der Waals surface area contributed by atoms with E-state index in [0.29, 0.717) is 17.5 Å². The normalized spacial score (nSPS) is 12.6. The Hall–Kier alpha value is -13.6. The molecule has 8 nitrogen and oxygen atoms in total. The van der Waals surface area contributed by atoms with E-state index in [-0.39, 0.29) is 5.41 Å². The Morgan fingerprint density at radius 1 is 0.311 bits per heavy atom. The quantitative estimate of drug-likeness (QED) is 0.135. The summed E-state index contributed by atoms with van der Waals surface area (Å²) in [4.78, 5) is 23.0. The lowest BCUT2D eigenvalue weighted by Gasteiger charge is -2.29. The molecule has 0 amide bonds. The predicted molar refractivity (Wildman–Crippen MR) is 424 cm³/mol. The summed E-state index contributed by atoms with van der Waals surface area (Å²) < 4.78 is 16.4. The van der Waals surface area contributed by atoms with Crippen LogP contribution in [0.25, 0.3) is 182 Å². The zero-order chi connectivity index (χ0) is 68.0. The Morgan fingerprint density at radius 2 is 0.874 bits per heavy atom. The molecule has 0 saturated carbocycles. The summed E-state index contributed by atoms with van der Waals surface area (Å²) in [6, 6.07) is 115. The van der Waals surface area contributed by atoms with Gasteiger partial charge in [-0.05, 0) is 133 Å². The number of pyridine rings is 1. The molecule has 482 valence electrons. The maximum Gasteiger partial charge on any atom is 0.164 e. The number of hydrogen-bond donors (Lipinski definition) is 0. The van der Waals surface area contributed by atoms with Gasteiger partial charge >= 0.3 is 0 Å². The molecule has 21 rings (SSSR count). The number of anilines is 3. The molecule has 103 heavy (non-hydrogen) atoms. The molecule has 15 aromatic carbocycles. The standard InChI is InChI=1S/C95H60N6O2/c1-95(2)77-39-18-16-31-68(77)69-47-46-66(53-78(69)95)100(65-29-10-5-11-30-65)82-54-86-89(73-35-14-12-32-70(73)82)88-67(37-21-41-84(88)102-86)63-45-48-79(96-56-63)62-28-20-27-59(49-62)60-43-44-61-52-81-76(51-64(61)50-60)72-34-17-19-40-80(72)101(81)83-55-87-90(74-36-15-13-33-71(74)83)91-75(38-22-42-85(91)103-87)94-98-92(57-23-6-3-7-24-57)97-93(99-94)58-25-8-4-9-26-58/h3-56H,1-2H3. The molecule has 0 saturated heterocycles. The summed E-state index contributed by atoms with van der Waals surface area (Å²) in [6.07, 6.45) is 2.02. The van der Waals surface area contributed by atoms with Crippen molar-refractivity contribution >= 4 is 115 Å². The molecule has 0 fully saturated rings. The third kappa shape index (κ3) is 9.17. The number of hydrogen-bond acceptors (Lipinski definition) is 7. The minimum atomic E-state index is -0.156. The Balaban J connectivity index is 0.626. The Morgan fingerprint density at radius 3 is 1.61 bits per heavy atom. The molecule has 0 bridgehead atoms. The molecule has 0 spiro atoms. The Labute approximate surface area is 592 Å². The van der Waals surface area contributed by atoms with Gasteiger partial charge in [-0.1, -0.05) is 250 Å². The van der Waals surface area contributed by atoms with Gasteiger partial charge in [-0.25, -0.2) is 15.0 Å². The molecule has 0 unspecified atom stereocenters. The topological polar surface area (TPSA) is 86.0 Å². The minimum absolute atomic E-state index is 0.156. The molecule has 8 heteroatoms. The maximum atomic E-state index is 6.99. The summed E-state index contributed by atoms with van der Waals surface area (Å²) in [5.41, 5.74) is 23.8. The summed E-state index contributed by atoms with van der Waals surface area (Å²) >= 11 is 0. The molecule has 5 heterocycles. The van der Waals surface area contributed by atoms with E-state index in [0.717, 1.165) is 160 Å². The number of fused-ring (bicyclic) bond motifs is 17. The molecule has 1 aliphatic carbocycles. The fourth-order valence-corrected chi connectivity index (χ4v) is 16.6. The number of furan rings is 2. The summed E-state index contributed by atoms with van der Waals surface area (Å²) in [7, 11) is 0. The summed E-state index contributed by atoms with van der Waals surface area (Å²) in [5, 5.41) is 13.2. The van der Waals surface area contributed by atoms with E-state index in [1.165, 1.54) is 33.0 Å². The zero-order valence-electron chi connectivity index (χ0n) is 56.2. The highest BCUT2D eigenvalue weighted by atomic mass is 16.3. The van der Waals surface area contributed by atoms with Gasteiger partial charge in [0.25, 0.3) is 0 Å². The smallest absolute Gasteiger partial charge is 0.164 e. The van der Waals surface area contributed by atoms with Gasteiger partial charge in [0.05, 0.1) is 28.1 Å². The molecule has 1 aliphatic rings. The van der Waals surface area contributed by atoms with E-state index >= 15 is 0 Å². The van der Waals surface area contributed by atoms with Gasteiger partial charge in [0, 0.05) is 106 Å². The van der Waals surface area contributed by atoms with Crippen LogP contribution in [0.15, 0.2) is 337 Å². The molecular formula is C95H60N6O2. The van der Waals surface area contributed by atoms with Gasteiger partial charge in [0.1, 0.15) is 22.3 Å². The van der Waals surface area contributed by atoms with E-state index in [9.17, 15) is 0 Å². The summed E-state index contributed by atoms with van der Waals surface area (Å²) in [6.45, 7) is 4.69. The molecule has 0 atom stereocenters. The first-order chi connectivity index (χ1) is 50.8. The van der Waals surface area contributed by atoms with Crippen molar-refractivity contribution in [2.75, 3.05) is 4.90 Å². The molecular weight excluding hydrogens is 1260 g/mol. The second-order valence-corrected chi connectivity index (χ2v) is 27.6. The SMILES string of the molecule is CC1(C)c2ccccc2-c2ccc(N(c3ccccc3)c3cc4oc5cccc(-c6ccc(-c7cccc(-c8ccc9cc%10c(cc9c8)c8ccccc8n%10-c8cc9oc%10cccc(-c%11nc(-c%12ccccc%12)nc(-c%12ccccc%12)n%11)c%10c9c9ccccc89)c7)nc6)c5c4c4ccccc34)cc21. The van der Waals surface area contributed by atoms with Crippen molar-refractivity contribution in [1.82, 2.24) is 24.5 Å². The van der Waals surface area contributed by atoms with Crippen LogP contribution in [0.5, 0.6) is 0 Å². The van der Waals surface area contributed by atoms with Crippen molar-refractivity contribution in [1.29, 1.82) is 0 Å². The van der Waals surface area contributed by atoms with Crippen molar-refractivity contribution in [2.24, 2.45) is 0 Å². The van der Waals surface area contributed by atoms with E-state index in [4.69, 9.17) is 28.8 Å². The highest BCUT2D eigenvalue weighted by molar-refractivity contribution is 6.27. The van der Waals surface area contributed by atoms with Gasteiger partial charge in [0.2, 0.25) is 0 Å². The zero-order valence-corrected chi connectivity index (χ0v) is 56.2. The monoisotopic (exact) mass is 1320 g/mol. The van der Waals surface area contributed by atoms with Crippen LogP contribution in [0.4, 0.5) is 17.1 Å². The van der Waals surface area contributed by atoms with Crippen LogP contribution in [-0.4, -0.2) is 24.5 Å². The van der Waals surface area contributed by atoms with Gasteiger partial charge in [0.15, 0.2) is 17.5 Å². The van der Waals surface area contributed by atoms with Crippen molar-refractivity contribution in [2.45, 2.75) is 19.3 Å². The molecule has 20 aromatic rings. The van der Waals surface area contributed by atoms with Crippen molar-refractivity contribution in [3.63, 3.8) is 0 Å². The van der Waals surface area contributed by atoms with Crippen LogP contribution in [0.1, 0.15) is 25.0 Å². The highest BCUT2D eigenvalue weighted by Crippen LogP contribution is 2.53. The first kappa shape index (κ1) is 58.4. The predicted octanol–water partition coefficient (Wildman–Crippen LogP) is 25.4. The lowest BCUT2D eigenvalue weighted by Crippen LogP contribution is -2.16. The Kier molecular flexibility index (Phi) is 12.9. The second kappa shape index (κ2) is 22.7. The van der Waals surface area contributed by atoms with E-state index in [1.54, 1.807) is 0 Å². The van der Waals surface area contributed by atoms with E-state index in [2.05, 4.69) is 272 Å². The van der Waals surface area contributed by atoms with Crippen LogP contribution in [0, 0.1) is 0 Å². The molecule has 0 N–H and O–H groups in total. The van der Waals surface area contributed by atoms with Crippen LogP contribution in [0.2, 0.25) is 0 Å². The lowest BCUT2D eigenvalue weighted by molar-refractivity contribution is 0.660. The van der Waals surface area contributed by atoms with E-state index < -0.39 is 0 Å². The number of rotatable bonds is 10. The van der Waals surface area contributed by atoms with Gasteiger partial charge in [-0.2, -0.15) is 0 Å². The average Bonchev–Trinajstić information content (AvgIpc) is 1.59. The van der Waals surface area contributed by atoms with E-state index in [1.807, 2.05) is 79.0 Å². The highest BCUT2D eigenvalue weighted by Gasteiger charge is 2.36. The van der Waals surface area contributed by atoms with Crippen molar-refractivity contribution in [3.8, 4) is 84.5 Å². The fourth-order valence-electron chi connectivity index (χ4n) is 16.6. The number of para-hydroxylation sites is 2. The maximum absolute atomic E-state index is 6.99. The fraction of sp³-hybridized carbons (Fsp3) is 0.0316. The first-order valence-corrected chi connectivity index (χ1v) is 35.1. The van der Waals surface area contributed by atoms with Gasteiger partial charge in [-0.15, -0.1) is 0 Å². The largest absolute Gasteiger partial charge is 0.456 e. The van der Waals surface area contributed by atoms with Crippen LogP contribution < -0.4 is 4.90 Å². The number of nitrogens with zero attached hydrogens (tertiary/aromatic N) is 6. The third-order valence-electron chi connectivity index (χ3n) is 21.4. The Bertz CT molecular complexity index is 6830. The van der Waals surface area contributed by atoms with Crippen LogP contribution in [0.3, 0.4) is 0 Å². The number of aromatic nitrogens is 5. The first-order valence-electron chi connectivity index (χ1n) is 35.1. The summed E-state index contributed by atoms with van der Waals surface area (Å²) in [5.74, 6) is 1.79. The van der Waals surface area contributed by atoms with Crippen molar-refractivity contribution < 1.29 is 8.83 Å².